The highest BCUT2D eigenvalue weighted by atomic mass is 16.5. The van der Waals surface area contributed by atoms with E-state index >= 15 is 0 Å². The summed E-state index contributed by atoms with van der Waals surface area (Å²) in [6.07, 6.45) is 3.82. The monoisotopic (exact) mass is 298 g/mol. The van der Waals surface area contributed by atoms with Gasteiger partial charge in [-0.15, -0.1) is 0 Å². The normalized spacial score (nSPS) is 29.7. The first-order valence-electron chi connectivity index (χ1n) is 7.83. The summed E-state index contributed by atoms with van der Waals surface area (Å²) in [7, 11) is 0. The second-order valence-electron chi connectivity index (χ2n) is 6.46. The van der Waals surface area contributed by atoms with Gasteiger partial charge in [0.05, 0.1) is 11.5 Å². The maximum atomic E-state index is 12.2. The van der Waals surface area contributed by atoms with Gasteiger partial charge in [0.15, 0.2) is 0 Å². The summed E-state index contributed by atoms with van der Waals surface area (Å²) < 4.78 is 5.58. The van der Waals surface area contributed by atoms with Crippen molar-refractivity contribution in [3.8, 4) is 0 Å². The van der Waals surface area contributed by atoms with Crippen LogP contribution >= 0.6 is 0 Å². The molecule has 21 heavy (non-hydrogen) atoms. The van der Waals surface area contributed by atoms with Crippen molar-refractivity contribution >= 4 is 12.0 Å². The highest BCUT2D eigenvalue weighted by Gasteiger charge is 2.48. The molecule has 2 rings (SSSR count). The molecule has 0 bridgehead atoms. The summed E-state index contributed by atoms with van der Waals surface area (Å²) in [5.74, 6) is -0.794. The average molecular weight is 298 g/mol. The lowest BCUT2D eigenvalue weighted by molar-refractivity contribution is -0.150. The topological polar surface area (TPSA) is 78.9 Å². The van der Waals surface area contributed by atoms with Gasteiger partial charge in [0.25, 0.3) is 0 Å². The molecule has 120 valence electrons. The lowest BCUT2D eigenvalue weighted by atomic mass is 9.76. The second-order valence-corrected chi connectivity index (χ2v) is 6.46. The zero-order chi connectivity index (χ0) is 15.5. The predicted octanol–water partition coefficient (Wildman–Crippen LogP) is 1.70. The Hall–Kier alpha value is -1.30. The third-order valence-corrected chi connectivity index (χ3v) is 4.87. The molecule has 2 N–H and O–H groups in total. The molecule has 0 saturated carbocycles. The minimum atomic E-state index is -0.807. The zero-order valence-electron chi connectivity index (χ0n) is 12.9. The molecule has 2 atom stereocenters. The molecule has 2 aliphatic rings. The van der Waals surface area contributed by atoms with Crippen molar-refractivity contribution in [3.05, 3.63) is 0 Å². The van der Waals surface area contributed by atoms with Crippen molar-refractivity contribution in [1.82, 2.24) is 10.2 Å². The minimum Gasteiger partial charge on any atom is -0.481 e. The number of nitrogens with zero attached hydrogens (tertiary/aromatic N) is 1. The molecule has 2 heterocycles. The number of hydrogen-bond donors (Lipinski definition) is 2. The fraction of sp³-hybridized carbons (Fsp3) is 0.867. The van der Waals surface area contributed by atoms with E-state index in [0.717, 1.165) is 25.9 Å². The van der Waals surface area contributed by atoms with Crippen molar-refractivity contribution in [2.75, 3.05) is 26.2 Å². The highest BCUT2D eigenvalue weighted by Crippen LogP contribution is 2.38. The van der Waals surface area contributed by atoms with Crippen molar-refractivity contribution in [1.29, 1.82) is 0 Å². The van der Waals surface area contributed by atoms with E-state index in [1.54, 1.807) is 4.90 Å². The molecule has 2 saturated heterocycles. The molecule has 2 amide bonds. The fourth-order valence-electron chi connectivity index (χ4n) is 3.18. The number of nitrogens with one attached hydrogen (secondary N) is 1. The van der Waals surface area contributed by atoms with E-state index in [-0.39, 0.29) is 24.6 Å². The van der Waals surface area contributed by atoms with E-state index in [9.17, 15) is 14.7 Å². The summed E-state index contributed by atoms with van der Waals surface area (Å²) in [4.78, 5) is 25.4. The van der Waals surface area contributed by atoms with Crippen LogP contribution in [0.4, 0.5) is 4.79 Å². The fourth-order valence-corrected chi connectivity index (χ4v) is 3.18. The quantitative estimate of drug-likeness (QED) is 0.828. The van der Waals surface area contributed by atoms with Crippen LogP contribution in [-0.4, -0.2) is 54.4 Å². The number of carboxylic acid groups (broad SMARTS) is 1. The number of carbonyl (C=O) groups is 2. The van der Waals surface area contributed by atoms with E-state index in [1.165, 1.54) is 0 Å². The Balaban J connectivity index is 1.85. The maximum absolute atomic E-state index is 12.2. The zero-order valence-corrected chi connectivity index (χ0v) is 12.9. The Morgan fingerprint density at radius 2 is 2.19 bits per heavy atom. The molecule has 6 heteroatoms. The molecule has 0 aromatic carbocycles. The second kappa shape index (κ2) is 6.64. The number of likely N-dealkylation sites (tertiary alicyclic amines) is 1. The number of ether oxygens (including phenoxy) is 1. The van der Waals surface area contributed by atoms with Gasteiger partial charge in [-0.05, 0) is 31.6 Å². The summed E-state index contributed by atoms with van der Waals surface area (Å²) in [5, 5.41) is 12.4. The van der Waals surface area contributed by atoms with Crippen LogP contribution in [0.25, 0.3) is 0 Å². The smallest absolute Gasteiger partial charge is 0.317 e. The number of amides is 2. The van der Waals surface area contributed by atoms with E-state index in [1.807, 2.05) is 13.8 Å². The first-order valence-corrected chi connectivity index (χ1v) is 7.83. The minimum absolute atomic E-state index is 0.00878. The third kappa shape index (κ3) is 3.48. The Morgan fingerprint density at radius 1 is 1.43 bits per heavy atom. The van der Waals surface area contributed by atoms with Gasteiger partial charge in [-0.25, -0.2) is 4.79 Å². The number of hydrogen-bond acceptors (Lipinski definition) is 3. The Kier molecular flexibility index (Phi) is 5.08. The molecule has 6 nitrogen and oxygen atoms in total. The molecule has 0 aromatic heterocycles. The van der Waals surface area contributed by atoms with Gasteiger partial charge >= 0.3 is 12.0 Å². The standard InChI is InChI=1S/C15H26N2O4/c1-11(2)15(13(18)19)6-7-17(10-15)14(20)16-9-12-5-3-4-8-21-12/h11-12H,3-10H2,1-2H3,(H,16,20)(H,18,19). The average Bonchev–Trinajstić information content (AvgIpc) is 2.92. The van der Waals surface area contributed by atoms with Gasteiger partial charge < -0.3 is 20.1 Å². The first-order chi connectivity index (χ1) is 9.95. The molecular formula is C15H26N2O4. The van der Waals surface area contributed by atoms with Crippen LogP contribution in [0, 0.1) is 11.3 Å². The van der Waals surface area contributed by atoms with Crippen molar-refractivity contribution in [2.24, 2.45) is 11.3 Å². The molecule has 0 radical (unpaired) electrons. The van der Waals surface area contributed by atoms with E-state index < -0.39 is 11.4 Å². The number of carboxylic acids is 1. The van der Waals surface area contributed by atoms with Crippen molar-refractivity contribution < 1.29 is 19.4 Å². The van der Waals surface area contributed by atoms with Crippen LogP contribution in [0.15, 0.2) is 0 Å². The van der Waals surface area contributed by atoms with Crippen molar-refractivity contribution in [2.45, 2.75) is 45.6 Å². The lowest BCUT2D eigenvalue weighted by Gasteiger charge is -2.29. The van der Waals surface area contributed by atoms with Crippen LogP contribution in [0.3, 0.4) is 0 Å². The van der Waals surface area contributed by atoms with Crippen LogP contribution in [0.1, 0.15) is 39.5 Å². The molecule has 2 aliphatic heterocycles. The van der Waals surface area contributed by atoms with Gasteiger partial charge in [-0.2, -0.15) is 0 Å². The van der Waals surface area contributed by atoms with E-state index in [4.69, 9.17) is 4.74 Å². The molecule has 2 unspecified atom stereocenters. The molecule has 2 fully saturated rings. The summed E-state index contributed by atoms with van der Waals surface area (Å²) in [6, 6.07) is -0.173. The van der Waals surface area contributed by atoms with E-state index in [0.29, 0.717) is 19.5 Å². The molecule has 0 aliphatic carbocycles. The third-order valence-electron chi connectivity index (χ3n) is 4.87. The number of carbonyl (C=O) groups excluding carboxylic acids is 1. The van der Waals surface area contributed by atoms with Gasteiger partial charge in [0, 0.05) is 26.2 Å². The summed E-state index contributed by atoms with van der Waals surface area (Å²) in [5.41, 5.74) is -0.807. The van der Waals surface area contributed by atoms with Gasteiger partial charge in [-0.1, -0.05) is 13.8 Å². The van der Waals surface area contributed by atoms with Crippen LogP contribution in [0.2, 0.25) is 0 Å². The molecule has 0 spiro atoms. The predicted molar refractivity (Wildman–Crippen MR) is 78.1 cm³/mol. The summed E-state index contributed by atoms with van der Waals surface area (Å²) in [6.45, 7) is 5.88. The van der Waals surface area contributed by atoms with Crippen LogP contribution in [0.5, 0.6) is 0 Å². The number of aliphatic carboxylic acids is 1. The van der Waals surface area contributed by atoms with Crippen LogP contribution in [-0.2, 0) is 9.53 Å². The molecule has 0 aromatic rings. The van der Waals surface area contributed by atoms with Gasteiger partial charge in [-0.3, -0.25) is 4.79 Å². The highest BCUT2D eigenvalue weighted by molar-refractivity contribution is 5.80. The Bertz CT molecular complexity index is 393. The Labute approximate surface area is 125 Å². The van der Waals surface area contributed by atoms with Crippen LogP contribution < -0.4 is 5.32 Å². The SMILES string of the molecule is CC(C)C1(C(=O)O)CCN(C(=O)NCC2CCCCO2)C1. The summed E-state index contributed by atoms with van der Waals surface area (Å²) >= 11 is 0. The van der Waals surface area contributed by atoms with Crippen molar-refractivity contribution in [3.63, 3.8) is 0 Å². The largest absolute Gasteiger partial charge is 0.481 e. The van der Waals surface area contributed by atoms with Gasteiger partial charge in [0.1, 0.15) is 0 Å². The van der Waals surface area contributed by atoms with Gasteiger partial charge in [0.2, 0.25) is 0 Å². The van der Waals surface area contributed by atoms with E-state index in [2.05, 4.69) is 5.32 Å². The number of urea groups is 1. The molecular weight excluding hydrogens is 272 g/mol. The Morgan fingerprint density at radius 3 is 2.71 bits per heavy atom. The lowest BCUT2D eigenvalue weighted by Crippen LogP contribution is -2.45. The maximum Gasteiger partial charge on any atom is 0.317 e. The number of rotatable bonds is 4. The first kappa shape index (κ1) is 16.1.